The average Bonchev–Trinajstić information content (AvgIpc) is 2.59. The molecule has 0 saturated carbocycles. The Balaban J connectivity index is 1.56. The minimum atomic E-state index is 0.103. The van der Waals surface area contributed by atoms with Gasteiger partial charge in [0.05, 0.1) is 5.75 Å². The fraction of sp³-hybridized carbons (Fsp3) is 0.350. The van der Waals surface area contributed by atoms with Crippen LogP contribution in [0, 0.1) is 6.92 Å². The Morgan fingerprint density at radius 3 is 2.50 bits per heavy atom. The molecule has 0 atom stereocenters. The second kappa shape index (κ2) is 10.2. The zero-order valence-corrected chi connectivity index (χ0v) is 15.3. The van der Waals surface area contributed by atoms with E-state index in [-0.39, 0.29) is 5.91 Å². The highest BCUT2D eigenvalue weighted by molar-refractivity contribution is 8.00. The summed E-state index contributed by atoms with van der Waals surface area (Å²) in [4.78, 5) is 15.3. The number of nitrogens with zero attached hydrogens (tertiary/aromatic N) is 1. The van der Waals surface area contributed by atoms with Crippen LogP contribution >= 0.6 is 11.8 Å². The number of thioether (sulfide) groups is 1. The van der Waals surface area contributed by atoms with E-state index in [0.717, 1.165) is 31.0 Å². The lowest BCUT2D eigenvalue weighted by Gasteiger charge is -2.16. The number of aryl methyl sites for hydroxylation is 1. The molecule has 1 amide bonds. The first-order valence-corrected chi connectivity index (χ1v) is 9.30. The van der Waals surface area contributed by atoms with Crippen LogP contribution in [0.1, 0.15) is 17.5 Å². The summed E-state index contributed by atoms with van der Waals surface area (Å²) < 4.78 is 0. The number of hydrogen-bond acceptors (Lipinski definition) is 3. The van der Waals surface area contributed by atoms with E-state index in [2.05, 4.69) is 72.7 Å². The summed E-state index contributed by atoms with van der Waals surface area (Å²) in [5.41, 5.74) is 2.56. The highest BCUT2D eigenvalue weighted by Gasteiger charge is 2.04. The molecule has 0 unspecified atom stereocenters. The summed E-state index contributed by atoms with van der Waals surface area (Å²) in [6.45, 7) is 4.71. The van der Waals surface area contributed by atoms with Crippen LogP contribution < -0.4 is 5.32 Å². The fourth-order valence-corrected chi connectivity index (χ4v) is 3.11. The molecule has 0 spiro atoms. The van der Waals surface area contributed by atoms with Gasteiger partial charge in [-0.3, -0.25) is 4.79 Å². The van der Waals surface area contributed by atoms with Gasteiger partial charge in [-0.05, 0) is 44.6 Å². The van der Waals surface area contributed by atoms with Gasteiger partial charge in [0.25, 0.3) is 0 Å². The van der Waals surface area contributed by atoms with E-state index in [9.17, 15) is 4.79 Å². The Kier molecular flexibility index (Phi) is 7.86. The third-order valence-corrected chi connectivity index (χ3v) is 4.74. The Morgan fingerprint density at radius 1 is 1.08 bits per heavy atom. The maximum absolute atomic E-state index is 11.9. The first kappa shape index (κ1) is 18.6. The zero-order chi connectivity index (χ0) is 17.2. The monoisotopic (exact) mass is 342 g/mol. The highest BCUT2D eigenvalue weighted by atomic mass is 32.2. The van der Waals surface area contributed by atoms with Crippen molar-refractivity contribution >= 4 is 17.7 Å². The topological polar surface area (TPSA) is 32.3 Å². The summed E-state index contributed by atoms with van der Waals surface area (Å²) >= 11 is 1.58. The number of amides is 1. The normalized spacial score (nSPS) is 10.8. The van der Waals surface area contributed by atoms with Crippen LogP contribution in [0.25, 0.3) is 0 Å². The van der Waals surface area contributed by atoms with Crippen LogP contribution in [-0.2, 0) is 11.3 Å². The molecular weight excluding hydrogens is 316 g/mol. The van der Waals surface area contributed by atoms with Crippen LogP contribution in [0.15, 0.2) is 59.5 Å². The van der Waals surface area contributed by atoms with E-state index >= 15 is 0 Å². The zero-order valence-electron chi connectivity index (χ0n) is 14.5. The lowest BCUT2D eigenvalue weighted by Crippen LogP contribution is -2.29. The quantitative estimate of drug-likeness (QED) is 0.557. The van der Waals surface area contributed by atoms with Crippen LogP contribution in [0.4, 0.5) is 0 Å². The molecule has 0 aliphatic rings. The van der Waals surface area contributed by atoms with Crippen molar-refractivity contribution in [1.29, 1.82) is 0 Å². The maximum Gasteiger partial charge on any atom is 0.230 e. The molecule has 0 heterocycles. The second-order valence-electron chi connectivity index (χ2n) is 6.03. The Bertz CT molecular complexity index is 613. The van der Waals surface area contributed by atoms with Crippen molar-refractivity contribution < 1.29 is 4.79 Å². The number of hydrogen-bond donors (Lipinski definition) is 1. The molecule has 4 heteroatoms. The Morgan fingerprint density at radius 2 is 1.79 bits per heavy atom. The lowest BCUT2D eigenvalue weighted by atomic mass is 10.2. The van der Waals surface area contributed by atoms with Gasteiger partial charge in [0.15, 0.2) is 0 Å². The van der Waals surface area contributed by atoms with Gasteiger partial charge in [-0.15, -0.1) is 11.8 Å². The largest absolute Gasteiger partial charge is 0.355 e. The van der Waals surface area contributed by atoms with Gasteiger partial charge in [-0.2, -0.15) is 0 Å². The molecule has 2 aromatic carbocycles. The average molecular weight is 343 g/mol. The Hall–Kier alpha value is -1.78. The molecule has 0 fully saturated rings. The SMILES string of the molecule is Cc1ccc(SCC(=O)NCCCN(C)Cc2ccccc2)cc1. The van der Waals surface area contributed by atoms with Gasteiger partial charge in [0.2, 0.25) is 5.91 Å². The van der Waals surface area contributed by atoms with Crippen molar-refractivity contribution in [3.8, 4) is 0 Å². The molecule has 2 rings (SSSR count). The smallest absolute Gasteiger partial charge is 0.230 e. The van der Waals surface area contributed by atoms with Crippen LogP contribution in [0.5, 0.6) is 0 Å². The van der Waals surface area contributed by atoms with Crippen molar-refractivity contribution in [2.75, 3.05) is 25.9 Å². The van der Waals surface area contributed by atoms with Gasteiger partial charge in [-0.25, -0.2) is 0 Å². The summed E-state index contributed by atoms with van der Waals surface area (Å²) in [5, 5.41) is 3.00. The minimum Gasteiger partial charge on any atom is -0.355 e. The van der Waals surface area contributed by atoms with Gasteiger partial charge in [-0.1, -0.05) is 48.0 Å². The Labute approximate surface area is 149 Å². The third kappa shape index (κ3) is 7.20. The molecule has 2 aromatic rings. The van der Waals surface area contributed by atoms with Gasteiger partial charge >= 0.3 is 0 Å². The number of nitrogens with one attached hydrogen (secondary N) is 1. The third-order valence-electron chi connectivity index (χ3n) is 3.73. The summed E-state index contributed by atoms with van der Waals surface area (Å²) in [7, 11) is 2.11. The van der Waals surface area contributed by atoms with Crippen molar-refractivity contribution in [2.45, 2.75) is 24.8 Å². The molecule has 128 valence electrons. The molecule has 0 radical (unpaired) electrons. The number of rotatable bonds is 9. The summed E-state index contributed by atoms with van der Waals surface area (Å²) in [5.74, 6) is 0.578. The molecular formula is C20H26N2OS. The van der Waals surface area contributed by atoms with Crippen LogP contribution in [-0.4, -0.2) is 36.7 Å². The highest BCUT2D eigenvalue weighted by Crippen LogP contribution is 2.17. The molecule has 0 aromatic heterocycles. The van der Waals surface area contributed by atoms with E-state index in [1.807, 2.05) is 6.07 Å². The van der Waals surface area contributed by atoms with E-state index in [1.165, 1.54) is 11.1 Å². The molecule has 0 aliphatic carbocycles. The summed E-state index contributed by atoms with van der Waals surface area (Å²) in [6.07, 6.45) is 0.963. The lowest BCUT2D eigenvalue weighted by molar-refractivity contribution is -0.118. The molecule has 1 N–H and O–H groups in total. The molecule has 24 heavy (non-hydrogen) atoms. The van der Waals surface area contributed by atoms with Gasteiger partial charge in [0.1, 0.15) is 0 Å². The molecule has 0 bridgehead atoms. The molecule has 0 aliphatic heterocycles. The number of carbonyl (C=O) groups is 1. The first-order valence-electron chi connectivity index (χ1n) is 8.32. The van der Waals surface area contributed by atoms with E-state index < -0.39 is 0 Å². The predicted molar refractivity (Wildman–Crippen MR) is 102 cm³/mol. The second-order valence-corrected chi connectivity index (χ2v) is 7.08. The van der Waals surface area contributed by atoms with Crippen LogP contribution in [0.2, 0.25) is 0 Å². The number of carbonyl (C=O) groups excluding carboxylic acids is 1. The fourth-order valence-electron chi connectivity index (χ4n) is 2.39. The van der Waals surface area contributed by atoms with Crippen molar-refractivity contribution in [3.63, 3.8) is 0 Å². The van der Waals surface area contributed by atoms with Crippen molar-refractivity contribution in [1.82, 2.24) is 10.2 Å². The van der Waals surface area contributed by atoms with E-state index in [0.29, 0.717) is 5.75 Å². The minimum absolute atomic E-state index is 0.103. The number of benzene rings is 2. The van der Waals surface area contributed by atoms with E-state index in [1.54, 1.807) is 11.8 Å². The maximum atomic E-state index is 11.9. The molecule has 0 saturated heterocycles. The van der Waals surface area contributed by atoms with Crippen LogP contribution in [0.3, 0.4) is 0 Å². The van der Waals surface area contributed by atoms with Gasteiger partial charge < -0.3 is 10.2 Å². The van der Waals surface area contributed by atoms with Crippen molar-refractivity contribution in [3.05, 3.63) is 65.7 Å². The van der Waals surface area contributed by atoms with Gasteiger partial charge in [0, 0.05) is 18.0 Å². The van der Waals surface area contributed by atoms with E-state index in [4.69, 9.17) is 0 Å². The standard InChI is InChI=1S/C20H26N2OS/c1-17-9-11-19(12-10-17)24-16-20(23)21-13-6-14-22(2)15-18-7-4-3-5-8-18/h3-5,7-12H,6,13-16H2,1-2H3,(H,21,23). The molecule has 3 nitrogen and oxygen atoms in total. The summed E-state index contributed by atoms with van der Waals surface area (Å²) in [6, 6.07) is 18.7. The predicted octanol–water partition coefficient (Wildman–Crippen LogP) is 3.73. The first-order chi connectivity index (χ1) is 11.6. The van der Waals surface area contributed by atoms with Crippen molar-refractivity contribution in [2.24, 2.45) is 0 Å².